The lowest BCUT2D eigenvalue weighted by Gasteiger charge is -2.39. The van der Waals surface area contributed by atoms with Crippen LogP contribution < -0.4 is 5.73 Å². The van der Waals surface area contributed by atoms with Gasteiger partial charge in [0.05, 0.1) is 6.04 Å². The summed E-state index contributed by atoms with van der Waals surface area (Å²) in [6.45, 7) is 2.38. The van der Waals surface area contributed by atoms with Gasteiger partial charge in [-0.05, 0) is 41.8 Å². The molecule has 1 atom stereocenters. The number of hydrogen-bond acceptors (Lipinski definition) is 3. The Hall–Kier alpha value is -3.18. The van der Waals surface area contributed by atoms with Crippen LogP contribution in [0.1, 0.15) is 16.7 Å². The van der Waals surface area contributed by atoms with Crippen LogP contribution in [0, 0.1) is 5.41 Å². The number of rotatable bonds is 6. The van der Waals surface area contributed by atoms with Crippen LogP contribution in [0.15, 0.2) is 66.7 Å². The molecule has 0 aromatic heterocycles. The predicted molar refractivity (Wildman–Crippen MR) is 122 cm³/mol. The molecule has 3 aromatic rings. The van der Waals surface area contributed by atoms with Gasteiger partial charge in [0.15, 0.2) is 0 Å². The molecule has 1 unspecified atom stereocenters. The number of hydrogen-bond donors (Lipinski definition) is 2. The smallest absolute Gasteiger partial charge is 0.240 e. The Labute approximate surface area is 177 Å². The predicted octanol–water partition coefficient (Wildman–Crippen LogP) is 3.05. The average Bonchev–Trinajstić information content (AvgIpc) is 2.76. The van der Waals surface area contributed by atoms with Crippen LogP contribution in [0.4, 0.5) is 0 Å². The van der Waals surface area contributed by atoms with Crippen LogP contribution in [0.5, 0.6) is 0 Å². The lowest BCUT2D eigenvalue weighted by molar-refractivity contribution is -0.140. The minimum Gasteiger partial charge on any atom is -0.384 e. The number of fused-ring (bicyclic) bond motifs is 1. The van der Waals surface area contributed by atoms with Crippen molar-refractivity contribution in [1.82, 2.24) is 9.80 Å². The van der Waals surface area contributed by atoms with E-state index in [2.05, 4.69) is 47.4 Å². The van der Waals surface area contributed by atoms with E-state index in [-0.39, 0.29) is 17.8 Å². The molecule has 0 spiro atoms. The van der Waals surface area contributed by atoms with E-state index in [1.54, 1.807) is 0 Å². The molecular weight excluding hydrogens is 372 g/mol. The van der Waals surface area contributed by atoms with Crippen LogP contribution in [0.25, 0.3) is 10.8 Å². The number of nitrogens with two attached hydrogens (primary N) is 1. The molecule has 3 N–H and O–H groups in total. The van der Waals surface area contributed by atoms with Gasteiger partial charge in [-0.2, -0.15) is 0 Å². The molecule has 5 nitrogen and oxygen atoms in total. The maximum Gasteiger partial charge on any atom is 0.240 e. The zero-order chi connectivity index (χ0) is 21.1. The van der Waals surface area contributed by atoms with Crippen molar-refractivity contribution in [2.24, 2.45) is 5.73 Å². The van der Waals surface area contributed by atoms with Crippen molar-refractivity contribution in [2.45, 2.75) is 18.9 Å². The molecule has 0 saturated carbocycles. The molecule has 1 amide bonds. The second-order valence-corrected chi connectivity index (χ2v) is 8.07. The maximum atomic E-state index is 13.2. The SMILES string of the molecule is CN1CCN(CCc2ccc3ccccc3c2)C(=O)C1Cc1ccc(C(=N)N)cc1. The second kappa shape index (κ2) is 8.67. The third-order valence-electron chi connectivity index (χ3n) is 6.03. The fraction of sp³-hybridized carbons (Fsp3) is 0.280. The highest BCUT2D eigenvalue weighted by Gasteiger charge is 2.32. The number of likely N-dealkylation sites (N-methyl/N-ethyl adjacent to an activating group) is 1. The van der Waals surface area contributed by atoms with E-state index in [0.717, 1.165) is 31.6 Å². The highest BCUT2D eigenvalue weighted by atomic mass is 16.2. The van der Waals surface area contributed by atoms with E-state index in [9.17, 15) is 4.79 Å². The summed E-state index contributed by atoms with van der Waals surface area (Å²) in [5.41, 5.74) is 8.59. The summed E-state index contributed by atoms with van der Waals surface area (Å²) >= 11 is 0. The monoisotopic (exact) mass is 400 g/mol. The molecule has 5 heteroatoms. The van der Waals surface area contributed by atoms with Crippen molar-refractivity contribution in [3.05, 3.63) is 83.4 Å². The van der Waals surface area contributed by atoms with Crippen molar-refractivity contribution in [3.8, 4) is 0 Å². The van der Waals surface area contributed by atoms with Crippen LogP contribution in [-0.2, 0) is 17.6 Å². The molecular formula is C25H28N4O. The van der Waals surface area contributed by atoms with Crippen LogP contribution >= 0.6 is 0 Å². The zero-order valence-corrected chi connectivity index (χ0v) is 17.3. The van der Waals surface area contributed by atoms with Gasteiger partial charge in [0, 0.05) is 25.2 Å². The molecule has 1 fully saturated rings. The van der Waals surface area contributed by atoms with Gasteiger partial charge in [-0.15, -0.1) is 0 Å². The third kappa shape index (κ3) is 4.36. The molecule has 4 rings (SSSR count). The topological polar surface area (TPSA) is 73.4 Å². The highest BCUT2D eigenvalue weighted by Crippen LogP contribution is 2.19. The lowest BCUT2D eigenvalue weighted by atomic mass is 10.00. The van der Waals surface area contributed by atoms with Gasteiger partial charge >= 0.3 is 0 Å². The normalized spacial score (nSPS) is 17.4. The zero-order valence-electron chi connectivity index (χ0n) is 17.3. The van der Waals surface area contributed by atoms with E-state index in [0.29, 0.717) is 12.0 Å². The molecule has 154 valence electrons. The molecule has 1 aliphatic rings. The first-order chi connectivity index (χ1) is 14.5. The number of amides is 1. The first kappa shape index (κ1) is 20.1. The van der Waals surface area contributed by atoms with Crippen molar-refractivity contribution in [3.63, 3.8) is 0 Å². The first-order valence-electron chi connectivity index (χ1n) is 10.4. The fourth-order valence-corrected chi connectivity index (χ4v) is 4.11. The van der Waals surface area contributed by atoms with Gasteiger partial charge in [0.25, 0.3) is 0 Å². The summed E-state index contributed by atoms with van der Waals surface area (Å²) < 4.78 is 0. The molecule has 0 aliphatic carbocycles. The second-order valence-electron chi connectivity index (χ2n) is 8.07. The van der Waals surface area contributed by atoms with Gasteiger partial charge in [-0.3, -0.25) is 15.1 Å². The lowest BCUT2D eigenvalue weighted by Crippen LogP contribution is -2.56. The number of nitrogens with one attached hydrogen (secondary N) is 1. The largest absolute Gasteiger partial charge is 0.384 e. The average molecular weight is 401 g/mol. The Bertz CT molecular complexity index is 1060. The maximum absolute atomic E-state index is 13.2. The van der Waals surface area contributed by atoms with Gasteiger partial charge in [0.2, 0.25) is 5.91 Å². The van der Waals surface area contributed by atoms with E-state index in [4.69, 9.17) is 11.1 Å². The molecule has 3 aromatic carbocycles. The number of nitrogens with zero attached hydrogens (tertiary/aromatic N) is 2. The summed E-state index contributed by atoms with van der Waals surface area (Å²) in [6.07, 6.45) is 1.53. The molecule has 1 heterocycles. The summed E-state index contributed by atoms with van der Waals surface area (Å²) in [5, 5.41) is 10.0. The number of piperazine rings is 1. The van der Waals surface area contributed by atoms with E-state index < -0.39 is 0 Å². The number of amidine groups is 1. The number of carbonyl (C=O) groups excluding carboxylic acids is 1. The molecule has 1 aliphatic heterocycles. The summed E-state index contributed by atoms with van der Waals surface area (Å²) in [5.74, 6) is 0.257. The van der Waals surface area contributed by atoms with E-state index in [1.165, 1.54) is 16.3 Å². The molecule has 0 bridgehead atoms. The number of benzene rings is 3. The van der Waals surface area contributed by atoms with E-state index >= 15 is 0 Å². The Kier molecular flexibility index (Phi) is 5.81. The van der Waals surface area contributed by atoms with Gasteiger partial charge in [0.1, 0.15) is 5.84 Å². The summed E-state index contributed by atoms with van der Waals surface area (Å²) in [4.78, 5) is 17.3. The first-order valence-corrected chi connectivity index (χ1v) is 10.4. The Balaban J connectivity index is 1.41. The third-order valence-corrected chi connectivity index (χ3v) is 6.03. The number of nitrogen functional groups attached to an aromatic ring is 1. The van der Waals surface area contributed by atoms with Crippen molar-refractivity contribution >= 4 is 22.5 Å². The minimum absolute atomic E-state index is 0.0623. The van der Waals surface area contributed by atoms with Crippen molar-refractivity contribution < 1.29 is 4.79 Å². The molecule has 1 saturated heterocycles. The molecule has 30 heavy (non-hydrogen) atoms. The van der Waals surface area contributed by atoms with Crippen molar-refractivity contribution in [1.29, 1.82) is 5.41 Å². The van der Waals surface area contributed by atoms with Crippen LogP contribution in [0.2, 0.25) is 0 Å². The Morgan fingerprint density at radius 1 is 1.00 bits per heavy atom. The molecule has 0 radical (unpaired) electrons. The Morgan fingerprint density at radius 3 is 2.43 bits per heavy atom. The van der Waals surface area contributed by atoms with Crippen LogP contribution in [0.3, 0.4) is 0 Å². The highest BCUT2D eigenvalue weighted by molar-refractivity contribution is 5.94. The van der Waals surface area contributed by atoms with Gasteiger partial charge in [-0.1, -0.05) is 66.7 Å². The summed E-state index contributed by atoms with van der Waals surface area (Å²) in [7, 11) is 2.02. The Morgan fingerprint density at radius 2 is 1.70 bits per heavy atom. The van der Waals surface area contributed by atoms with Gasteiger partial charge < -0.3 is 10.6 Å². The summed E-state index contributed by atoms with van der Waals surface area (Å²) in [6, 6.07) is 22.4. The fourth-order valence-electron chi connectivity index (χ4n) is 4.11. The van der Waals surface area contributed by atoms with Crippen LogP contribution in [-0.4, -0.2) is 54.3 Å². The van der Waals surface area contributed by atoms with Crippen molar-refractivity contribution in [2.75, 3.05) is 26.7 Å². The quantitative estimate of drug-likeness (QED) is 0.493. The minimum atomic E-state index is -0.154. The van der Waals surface area contributed by atoms with Gasteiger partial charge in [-0.25, -0.2) is 0 Å². The van der Waals surface area contributed by atoms with E-state index in [1.807, 2.05) is 36.2 Å². The standard InChI is InChI=1S/C25H28N4O/c1-28-14-15-29(13-12-19-6-9-20-4-2-3-5-22(20)16-19)25(30)23(28)17-18-7-10-21(11-8-18)24(26)27/h2-11,16,23H,12-15,17H2,1H3,(H3,26,27). The number of carbonyl (C=O) groups is 1.